The van der Waals surface area contributed by atoms with Gasteiger partial charge in [0.2, 0.25) is 0 Å². The maximum absolute atomic E-state index is 13.3. The van der Waals surface area contributed by atoms with Crippen LogP contribution in [0.25, 0.3) is 0 Å². The largest absolute Gasteiger partial charge is 0.397 e. The van der Waals surface area contributed by atoms with Crippen molar-refractivity contribution in [2.24, 2.45) is 0 Å². The Balaban J connectivity index is 2.26. The molecule has 0 saturated heterocycles. The molecule has 2 aromatic rings. The van der Waals surface area contributed by atoms with Gasteiger partial charge in [-0.25, -0.2) is 4.39 Å². The molecule has 0 spiro atoms. The first kappa shape index (κ1) is 13.8. The maximum Gasteiger partial charge on any atom is 0.257 e. The monoisotopic (exact) mass is 342 g/mol. The van der Waals surface area contributed by atoms with E-state index in [1.54, 1.807) is 24.3 Å². The molecule has 0 radical (unpaired) electrons. The summed E-state index contributed by atoms with van der Waals surface area (Å²) < 4.78 is 13.7. The lowest BCUT2D eigenvalue weighted by atomic mass is 10.1. The van der Waals surface area contributed by atoms with Crippen LogP contribution < -0.4 is 11.1 Å². The Kier molecular flexibility index (Phi) is 4.07. The van der Waals surface area contributed by atoms with Crippen molar-refractivity contribution in [2.75, 3.05) is 11.1 Å². The maximum atomic E-state index is 13.3. The number of anilines is 2. The Labute approximate surface area is 122 Å². The van der Waals surface area contributed by atoms with Gasteiger partial charge in [0.25, 0.3) is 5.91 Å². The van der Waals surface area contributed by atoms with Crippen LogP contribution in [-0.4, -0.2) is 5.91 Å². The summed E-state index contributed by atoms with van der Waals surface area (Å²) in [6.45, 7) is 0. The van der Waals surface area contributed by atoms with E-state index in [-0.39, 0.29) is 11.3 Å². The highest BCUT2D eigenvalue weighted by Gasteiger charge is 2.12. The second-order valence-electron chi connectivity index (χ2n) is 3.78. The summed E-state index contributed by atoms with van der Waals surface area (Å²) in [7, 11) is 0. The van der Waals surface area contributed by atoms with Crippen molar-refractivity contribution in [3.63, 3.8) is 0 Å². The molecule has 19 heavy (non-hydrogen) atoms. The van der Waals surface area contributed by atoms with E-state index in [0.717, 1.165) is 0 Å². The van der Waals surface area contributed by atoms with Gasteiger partial charge in [0, 0.05) is 5.69 Å². The molecule has 3 N–H and O–H groups in total. The lowest BCUT2D eigenvalue weighted by Gasteiger charge is -2.09. The Bertz CT molecular complexity index is 649. The van der Waals surface area contributed by atoms with E-state index in [2.05, 4.69) is 21.2 Å². The van der Waals surface area contributed by atoms with Crippen LogP contribution in [0.15, 0.2) is 40.9 Å². The van der Waals surface area contributed by atoms with Gasteiger partial charge < -0.3 is 11.1 Å². The van der Waals surface area contributed by atoms with Crippen molar-refractivity contribution in [3.05, 3.63) is 57.3 Å². The van der Waals surface area contributed by atoms with Gasteiger partial charge in [-0.15, -0.1) is 0 Å². The summed E-state index contributed by atoms with van der Waals surface area (Å²) in [6.07, 6.45) is 0. The Morgan fingerprint density at radius 3 is 2.74 bits per heavy atom. The molecule has 0 aliphatic carbocycles. The summed E-state index contributed by atoms with van der Waals surface area (Å²) in [4.78, 5) is 12.0. The minimum absolute atomic E-state index is 0.194. The number of hydrogen-bond acceptors (Lipinski definition) is 2. The number of benzene rings is 2. The molecular weight excluding hydrogens is 335 g/mol. The first-order chi connectivity index (χ1) is 8.99. The molecule has 0 aliphatic heterocycles. The highest BCUT2D eigenvalue weighted by Crippen LogP contribution is 2.24. The molecule has 0 saturated carbocycles. The van der Waals surface area contributed by atoms with Gasteiger partial charge in [-0.2, -0.15) is 0 Å². The summed E-state index contributed by atoms with van der Waals surface area (Å²) >= 11 is 8.87. The molecule has 1 amide bonds. The van der Waals surface area contributed by atoms with E-state index < -0.39 is 11.7 Å². The average molecular weight is 344 g/mol. The van der Waals surface area contributed by atoms with Gasteiger partial charge in [-0.1, -0.05) is 17.7 Å². The number of rotatable bonds is 2. The third kappa shape index (κ3) is 3.05. The third-order valence-electron chi connectivity index (χ3n) is 2.48. The van der Waals surface area contributed by atoms with Crippen molar-refractivity contribution >= 4 is 44.8 Å². The van der Waals surface area contributed by atoms with Gasteiger partial charge in [0.1, 0.15) is 5.82 Å². The number of hydrogen-bond donors (Lipinski definition) is 2. The summed E-state index contributed by atoms with van der Waals surface area (Å²) in [5.74, 6) is -0.904. The zero-order chi connectivity index (χ0) is 14.0. The SMILES string of the molecule is Nc1c(Cl)cccc1C(=O)Nc1ccc(Br)c(F)c1. The molecule has 3 nitrogen and oxygen atoms in total. The van der Waals surface area contributed by atoms with Crippen LogP contribution in [0.1, 0.15) is 10.4 Å². The minimum Gasteiger partial charge on any atom is -0.397 e. The Hall–Kier alpha value is -1.59. The predicted molar refractivity (Wildman–Crippen MR) is 77.9 cm³/mol. The second kappa shape index (κ2) is 5.59. The number of halogens is 3. The third-order valence-corrected chi connectivity index (χ3v) is 3.45. The van der Waals surface area contributed by atoms with E-state index in [0.29, 0.717) is 15.2 Å². The number of nitrogens with two attached hydrogens (primary N) is 1. The zero-order valence-corrected chi connectivity index (χ0v) is 11.9. The minimum atomic E-state index is -0.461. The van der Waals surface area contributed by atoms with E-state index in [1.807, 2.05) is 0 Å². The number of nitrogens with one attached hydrogen (secondary N) is 1. The molecule has 0 bridgehead atoms. The van der Waals surface area contributed by atoms with Crippen LogP contribution >= 0.6 is 27.5 Å². The summed E-state index contributed by atoms with van der Waals surface area (Å²) in [6, 6.07) is 9.05. The van der Waals surface area contributed by atoms with E-state index >= 15 is 0 Å². The van der Waals surface area contributed by atoms with Crippen molar-refractivity contribution in [1.82, 2.24) is 0 Å². The molecule has 98 valence electrons. The second-order valence-corrected chi connectivity index (χ2v) is 5.05. The highest BCUT2D eigenvalue weighted by atomic mass is 79.9. The fraction of sp³-hybridized carbons (Fsp3) is 0. The van der Waals surface area contributed by atoms with Crippen LogP contribution in [0.3, 0.4) is 0 Å². The average Bonchev–Trinajstić information content (AvgIpc) is 2.37. The normalized spacial score (nSPS) is 10.3. The fourth-order valence-corrected chi connectivity index (χ4v) is 1.93. The predicted octanol–water partition coefficient (Wildman–Crippen LogP) is 4.08. The standard InChI is InChI=1S/C13H9BrClFN2O/c14-9-5-4-7(6-11(9)16)18-13(19)8-2-1-3-10(15)12(8)17/h1-6H,17H2,(H,18,19). The smallest absolute Gasteiger partial charge is 0.257 e. The summed E-state index contributed by atoms with van der Waals surface area (Å²) in [5.41, 5.74) is 6.49. The molecular formula is C13H9BrClFN2O. The van der Waals surface area contributed by atoms with Crippen LogP contribution in [0.2, 0.25) is 5.02 Å². The van der Waals surface area contributed by atoms with Gasteiger partial charge in [0.15, 0.2) is 0 Å². The fourth-order valence-electron chi connectivity index (χ4n) is 1.51. The molecule has 6 heteroatoms. The topological polar surface area (TPSA) is 55.1 Å². The van der Waals surface area contributed by atoms with Crippen LogP contribution in [0, 0.1) is 5.82 Å². The van der Waals surface area contributed by atoms with Gasteiger partial charge in [-0.3, -0.25) is 4.79 Å². The first-order valence-electron chi connectivity index (χ1n) is 5.29. The van der Waals surface area contributed by atoms with E-state index in [4.69, 9.17) is 17.3 Å². The van der Waals surface area contributed by atoms with Crippen LogP contribution in [-0.2, 0) is 0 Å². The van der Waals surface area contributed by atoms with Crippen molar-refractivity contribution < 1.29 is 9.18 Å². The molecule has 2 rings (SSSR count). The Morgan fingerprint density at radius 2 is 2.05 bits per heavy atom. The van der Waals surface area contributed by atoms with E-state index in [1.165, 1.54) is 12.1 Å². The molecule has 0 aromatic heterocycles. The zero-order valence-electron chi connectivity index (χ0n) is 9.58. The number of para-hydroxylation sites is 1. The van der Waals surface area contributed by atoms with E-state index in [9.17, 15) is 9.18 Å². The quantitative estimate of drug-likeness (QED) is 0.807. The number of carbonyl (C=O) groups is 1. The molecule has 0 unspecified atom stereocenters. The van der Waals surface area contributed by atoms with Crippen molar-refractivity contribution in [1.29, 1.82) is 0 Å². The molecule has 0 fully saturated rings. The number of carbonyl (C=O) groups excluding carboxylic acids is 1. The molecule has 2 aromatic carbocycles. The molecule has 0 heterocycles. The lowest BCUT2D eigenvalue weighted by Crippen LogP contribution is -2.14. The first-order valence-corrected chi connectivity index (χ1v) is 6.46. The highest BCUT2D eigenvalue weighted by molar-refractivity contribution is 9.10. The summed E-state index contributed by atoms with van der Waals surface area (Å²) in [5, 5.41) is 2.86. The molecule has 0 atom stereocenters. The van der Waals surface area contributed by atoms with Crippen molar-refractivity contribution in [2.45, 2.75) is 0 Å². The van der Waals surface area contributed by atoms with Gasteiger partial charge in [0.05, 0.1) is 20.7 Å². The van der Waals surface area contributed by atoms with Gasteiger partial charge >= 0.3 is 0 Å². The van der Waals surface area contributed by atoms with Crippen molar-refractivity contribution in [3.8, 4) is 0 Å². The Morgan fingerprint density at radius 1 is 1.32 bits per heavy atom. The van der Waals surface area contributed by atoms with Gasteiger partial charge in [-0.05, 0) is 46.3 Å². The molecule has 0 aliphatic rings. The lowest BCUT2D eigenvalue weighted by molar-refractivity contribution is 0.102. The van der Waals surface area contributed by atoms with Crippen LogP contribution in [0.4, 0.5) is 15.8 Å². The van der Waals surface area contributed by atoms with Crippen LogP contribution in [0.5, 0.6) is 0 Å². The number of nitrogen functional groups attached to an aromatic ring is 1. The number of amides is 1.